The second-order valence-electron chi connectivity index (χ2n) is 10.2. The zero-order valence-electron chi connectivity index (χ0n) is 21.7. The summed E-state index contributed by atoms with van der Waals surface area (Å²) in [6.07, 6.45) is 5.76. The second kappa shape index (κ2) is 12.1. The van der Waals surface area contributed by atoms with Gasteiger partial charge in [0.2, 0.25) is 0 Å². The summed E-state index contributed by atoms with van der Waals surface area (Å²) in [7, 11) is 1.58. The molecular weight excluding hydrogens is 464 g/mol. The van der Waals surface area contributed by atoms with E-state index in [0.29, 0.717) is 12.5 Å². The Kier molecular flexibility index (Phi) is 8.45. The van der Waals surface area contributed by atoms with Crippen LogP contribution < -0.4 is 9.47 Å². The third kappa shape index (κ3) is 6.01. The number of hydrogen-bond acceptors (Lipinski definition) is 5. The zero-order valence-corrected chi connectivity index (χ0v) is 21.7. The lowest BCUT2D eigenvalue weighted by molar-refractivity contribution is 0.0325. The SMILES string of the molecule is COCC(O)COc1ccc(C(c2ccccc2)(c2ccc(OCC3CO3)cc2)C2CCCCC2)cc1. The number of epoxide rings is 1. The van der Waals surface area contributed by atoms with Crippen molar-refractivity contribution in [1.29, 1.82) is 0 Å². The number of aliphatic hydroxyl groups is 1. The Morgan fingerprint density at radius 1 is 0.784 bits per heavy atom. The van der Waals surface area contributed by atoms with E-state index in [1.165, 1.54) is 48.8 Å². The largest absolute Gasteiger partial charge is 0.491 e. The van der Waals surface area contributed by atoms with Gasteiger partial charge in [-0.3, -0.25) is 0 Å². The van der Waals surface area contributed by atoms with Crippen molar-refractivity contribution in [3.8, 4) is 11.5 Å². The van der Waals surface area contributed by atoms with Crippen LogP contribution in [0.5, 0.6) is 11.5 Å². The first-order valence-electron chi connectivity index (χ1n) is 13.5. The minimum atomic E-state index is -0.650. The first-order valence-corrected chi connectivity index (χ1v) is 13.5. The molecule has 5 heteroatoms. The lowest BCUT2D eigenvalue weighted by Crippen LogP contribution is -2.39. The van der Waals surface area contributed by atoms with Gasteiger partial charge in [0.25, 0.3) is 0 Å². The molecule has 3 aromatic rings. The lowest BCUT2D eigenvalue weighted by atomic mass is 9.58. The van der Waals surface area contributed by atoms with Crippen LogP contribution in [0.25, 0.3) is 0 Å². The summed E-state index contributed by atoms with van der Waals surface area (Å²) in [4.78, 5) is 0. The third-order valence-electron chi connectivity index (χ3n) is 7.71. The van der Waals surface area contributed by atoms with E-state index in [2.05, 4.69) is 66.7 Å². The number of rotatable bonds is 12. The minimum Gasteiger partial charge on any atom is -0.491 e. The molecule has 1 heterocycles. The van der Waals surface area contributed by atoms with E-state index >= 15 is 0 Å². The van der Waals surface area contributed by atoms with E-state index < -0.39 is 6.10 Å². The molecule has 196 valence electrons. The average Bonchev–Trinajstić information content (AvgIpc) is 3.79. The van der Waals surface area contributed by atoms with Gasteiger partial charge in [-0.1, -0.05) is 73.9 Å². The van der Waals surface area contributed by atoms with Crippen LogP contribution in [0.3, 0.4) is 0 Å². The zero-order chi connectivity index (χ0) is 25.5. The monoisotopic (exact) mass is 502 g/mol. The Bertz CT molecular complexity index is 1090. The van der Waals surface area contributed by atoms with Crippen molar-refractivity contribution in [1.82, 2.24) is 0 Å². The van der Waals surface area contributed by atoms with Crippen LogP contribution in [0, 0.1) is 5.92 Å². The molecular formula is C32H38O5. The van der Waals surface area contributed by atoms with Crippen LogP contribution in [-0.4, -0.2) is 50.9 Å². The topological polar surface area (TPSA) is 60.5 Å². The normalized spacial score (nSPS) is 20.1. The molecule has 3 atom stereocenters. The van der Waals surface area contributed by atoms with Crippen molar-refractivity contribution in [3.63, 3.8) is 0 Å². The fraction of sp³-hybridized carbons (Fsp3) is 0.438. The van der Waals surface area contributed by atoms with Crippen molar-refractivity contribution in [2.24, 2.45) is 5.92 Å². The molecule has 0 spiro atoms. The van der Waals surface area contributed by atoms with Crippen molar-refractivity contribution in [2.75, 3.05) is 33.5 Å². The Morgan fingerprint density at radius 3 is 1.92 bits per heavy atom. The molecule has 0 radical (unpaired) electrons. The minimum absolute atomic E-state index is 0.201. The van der Waals surface area contributed by atoms with Crippen molar-refractivity contribution >= 4 is 0 Å². The van der Waals surface area contributed by atoms with Gasteiger partial charge in [-0.15, -0.1) is 0 Å². The molecule has 1 aliphatic carbocycles. The summed E-state index contributed by atoms with van der Waals surface area (Å²) in [5.41, 5.74) is 3.57. The summed E-state index contributed by atoms with van der Waals surface area (Å²) in [6.45, 7) is 1.85. The molecule has 3 unspecified atom stereocenters. The average molecular weight is 503 g/mol. The van der Waals surface area contributed by atoms with Gasteiger partial charge in [0.05, 0.1) is 13.2 Å². The first kappa shape index (κ1) is 25.8. The summed E-state index contributed by atoms with van der Waals surface area (Å²) >= 11 is 0. The highest BCUT2D eigenvalue weighted by Gasteiger charge is 2.43. The van der Waals surface area contributed by atoms with Gasteiger partial charge >= 0.3 is 0 Å². The number of hydrogen-bond donors (Lipinski definition) is 1. The summed E-state index contributed by atoms with van der Waals surface area (Å²) in [6, 6.07) is 28.1. The predicted octanol–water partition coefficient (Wildman–Crippen LogP) is 5.77. The molecule has 3 aromatic carbocycles. The highest BCUT2D eigenvalue weighted by molar-refractivity contribution is 5.53. The van der Waals surface area contributed by atoms with Gasteiger partial charge in [-0.05, 0) is 59.7 Å². The number of aliphatic hydroxyl groups excluding tert-OH is 1. The lowest BCUT2D eigenvalue weighted by Gasteiger charge is -2.44. The van der Waals surface area contributed by atoms with Crippen LogP contribution in [0.1, 0.15) is 48.8 Å². The molecule has 2 fully saturated rings. The van der Waals surface area contributed by atoms with Gasteiger partial charge in [0, 0.05) is 12.5 Å². The van der Waals surface area contributed by atoms with E-state index in [9.17, 15) is 5.11 Å². The molecule has 1 saturated heterocycles. The fourth-order valence-corrected chi connectivity index (χ4v) is 5.86. The molecule has 2 aliphatic rings. The summed E-state index contributed by atoms with van der Waals surface area (Å²) in [5.74, 6) is 2.10. The van der Waals surface area contributed by atoms with E-state index in [-0.39, 0.29) is 24.7 Å². The Hall–Kier alpha value is -2.86. The van der Waals surface area contributed by atoms with Crippen LogP contribution >= 0.6 is 0 Å². The number of methoxy groups -OCH3 is 1. The van der Waals surface area contributed by atoms with Crippen molar-refractivity contribution in [3.05, 3.63) is 95.6 Å². The molecule has 1 N–H and O–H groups in total. The van der Waals surface area contributed by atoms with Gasteiger partial charge in [0.1, 0.15) is 36.9 Å². The second-order valence-corrected chi connectivity index (χ2v) is 10.2. The highest BCUT2D eigenvalue weighted by Crippen LogP contribution is 2.50. The van der Waals surface area contributed by atoms with Gasteiger partial charge in [-0.25, -0.2) is 0 Å². The molecule has 0 aromatic heterocycles. The first-order chi connectivity index (χ1) is 18.2. The van der Waals surface area contributed by atoms with E-state index in [1.54, 1.807) is 7.11 Å². The molecule has 1 saturated carbocycles. The Balaban J connectivity index is 1.52. The number of benzene rings is 3. The van der Waals surface area contributed by atoms with E-state index in [0.717, 1.165) is 18.1 Å². The Labute approximate surface area is 220 Å². The quantitative estimate of drug-likeness (QED) is 0.252. The smallest absolute Gasteiger partial charge is 0.119 e. The van der Waals surface area contributed by atoms with Gasteiger partial charge in [-0.2, -0.15) is 0 Å². The molecule has 0 bridgehead atoms. The summed E-state index contributed by atoms with van der Waals surface area (Å²) < 4.78 is 22.1. The van der Waals surface area contributed by atoms with E-state index in [1.807, 2.05) is 12.1 Å². The molecule has 1 aliphatic heterocycles. The fourth-order valence-electron chi connectivity index (χ4n) is 5.86. The highest BCUT2D eigenvalue weighted by atomic mass is 16.6. The summed E-state index contributed by atoms with van der Waals surface area (Å²) in [5, 5.41) is 9.99. The molecule has 5 nitrogen and oxygen atoms in total. The van der Waals surface area contributed by atoms with Crippen LogP contribution in [0.2, 0.25) is 0 Å². The Morgan fingerprint density at radius 2 is 1.35 bits per heavy atom. The van der Waals surface area contributed by atoms with Crippen molar-refractivity contribution in [2.45, 2.75) is 49.7 Å². The standard InChI is InChI=1S/C32H38O5/c1-34-20-28(33)21-35-29-16-12-26(13-17-29)32(24-8-4-2-5-9-24,25-10-6-3-7-11-25)27-14-18-30(19-15-27)36-22-31-23-37-31/h2,4-5,8-9,12-19,25,28,31,33H,3,6-7,10-11,20-23H2,1H3. The third-order valence-corrected chi connectivity index (χ3v) is 7.71. The van der Waals surface area contributed by atoms with Crippen LogP contribution in [0.4, 0.5) is 0 Å². The van der Waals surface area contributed by atoms with E-state index in [4.69, 9.17) is 18.9 Å². The number of ether oxygens (including phenoxy) is 4. The molecule has 0 amide bonds. The maximum Gasteiger partial charge on any atom is 0.119 e. The van der Waals surface area contributed by atoms with Crippen LogP contribution in [-0.2, 0) is 14.9 Å². The molecule has 5 rings (SSSR count). The van der Waals surface area contributed by atoms with Crippen LogP contribution in [0.15, 0.2) is 78.9 Å². The molecule has 37 heavy (non-hydrogen) atoms. The van der Waals surface area contributed by atoms with Crippen molar-refractivity contribution < 1.29 is 24.1 Å². The predicted molar refractivity (Wildman–Crippen MR) is 144 cm³/mol. The van der Waals surface area contributed by atoms with Gasteiger partial charge in [0.15, 0.2) is 0 Å². The maximum absolute atomic E-state index is 9.99. The van der Waals surface area contributed by atoms with Gasteiger partial charge < -0.3 is 24.1 Å². The maximum atomic E-state index is 9.99.